The van der Waals surface area contributed by atoms with E-state index in [0.717, 1.165) is 22.7 Å². The Bertz CT molecular complexity index is 1080. The number of thiophene rings is 1. The van der Waals surface area contributed by atoms with Gasteiger partial charge in [0.25, 0.3) is 5.91 Å². The molecule has 0 saturated carbocycles. The molecule has 1 amide bonds. The van der Waals surface area contributed by atoms with Crippen LogP contribution in [0.4, 0.5) is 0 Å². The number of nitrogens with zero attached hydrogens (tertiary/aromatic N) is 4. The molecule has 0 unspecified atom stereocenters. The second-order valence-corrected chi connectivity index (χ2v) is 7.77. The SMILES string of the molecule is COc1ccc(Cn2ccnc2CN(Cc2cccnc2)C(=O)c2cccs2)cc1. The van der Waals surface area contributed by atoms with Gasteiger partial charge in [0.1, 0.15) is 11.6 Å². The number of imidazole rings is 1. The first-order valence-corrected chi connectivity index (χ1v) is 10.5. The molecule has 0 radical (unpaired) electrons. The molecule has 6 nitrogen and oxygen atoms in total. The summed E-state index contributed by atoms with van der Waals surface area (Å²) < 4.78 is 7.30. The molecule has 0 saturated heterocycles. The maximum absolute atomic E-state index is 13.1. The van der Waals surface area contributed by atoms with E-state index in [2.05, 4.69) is 14.5 Å². The number of carbonyl (C=O) groups excluding carboxylic acids is 1. The van der Waals surface area contributed by atoms with Crippen molar-refractivity contribution in [3.63, 3.8) is 0 Å². The first kappa shape index (κ1) is 19.8. The Kier molecular flexibility index (Phi) is 6.20. The third kappa shape index (κ3) is 4.75. The molecule has 0 fully saturated rings. The van der Waals surface area contributed by atoms with Crippen molar-refractivity contribution in [1.29, 1.82) is 0 Å². The van der Waals surface area contributed by atoms with Gasteiger partial charge in [0.2, 0.25) is 0 Å². The topological polar surface area (TPSA) is 60.2 Å². The van der Waals surface area contributed by atoms with Gasteiger partial charge in [-0.15, -0.1) is 11.3 Å². The Morgan fingerprint density at radius 1 is 1.07 bits per heavy atom. The van der Waals surface area contributed by atoms with E-state index in [0.29, 0.717) is 24.5 Å². The fourth-order valence-corrected chi connectivity index (χ4v) is 3.89. The molecule has 0 spiro atoms. The number of carbonyl (C=O) groups is 1. The van der Waals surface area contributed by atoms with E-state index in [1.807, 2.05) is 65.0 Å². The minimum absolute atomic E-state index is 0.00662. The number of ether oxygens (including phenoxy) is 1. The minimum Gasteiger partial charge on any atom is -0.497 e. The maximum Gasteiger partial charge on any atom is 0.264 e. The molecule has 30 heavy (non-hydrogen) atoms. The molecule has 0 bridgehead atoms. The molecule has 4 rings (SSSR count). The van der Waals surface area contributed by atoms with Gasteiger partial charge in [0, 0.05) is 37.9 Å². The van der Waals surface area contributed by atoms with E-state index in [1.54, 1.807) is 25.7 Å². The summed E-state index contributed by atoms with van der Waals surface area (Å²) >= 11 is 1.45. The second-order valence-electron chi connectivity index (χ2n) is 6.82. The average Bonchev–Trinajstić information content (AvgIpc) is 3.47. The Morgan fingerprint density at radius 2 is 1.93 bits per heavy atom. The number of methoxy groups -OCH3 is 1. The number of aromatic nitrogens is 3. The van der Waals surface area contributed by atoms with Crippen molar-refractivity contribution in [2.45, 2.75) is 19.6 Å². The zero-order valence-corrected chi connectivity index (χ0v) is 17.5. The molecular formula is C23H22N4O2S. The lowest BCUT2D eigenvalue weighted by Crippen LogP contribution is -2.31. The molecule has 0 aliphatic rings. The molecule has 0 aliphatic carbocycles. The third-order valence-electron chi connectivity index (χ3n) is 4.76. The molecule has 3 heterocycles. The second kappa shape index (κ2) is 9.37. The lowest BCUT2D eigenvalue weighted by molar-refractivity contribution is 0.0728. The zero-order valence-electron chi connectivity index (χ0n) is 16.6. The van der Waals surface area contributed by atoms with Crippen molar-refractivity contribution in [1.82, 2.24) is 19.4 Å². The Balaban J connectivity index is 1.55. The van der Waals surface area contributed by atoms with Crippen molar-refractivity contribution < 1.29 is 9.53 Å². The Labute approximate surface area is 179 Å². The number of rotatable bonds is 8. The van der Waals surface area contributed by atoms with Crippen LogP contribution in [0.5, 0.6) is 5.75 Å². The standard InChI is InChI=1S/C23H22N4O2S/c1-29-20-8-6-18(7-9-20)15-26-12-11-25-22(26)17-27(16-19-4-2-10-24-14-19)23(28)21-5-3-13-30-21/h2-14H,15-17H2,1H3. The van der Waals surface area contributed by atoms with E-state index < -0.39 is 0 Å². The molecule has 152 valence electrons. The van der Waals surface area contributed by atoms with Crippen LogP contribution in [0.15, 0.2) is 78.7 Å². The van der Waals surface area contributed by atoms with Gasteiger partial charge in [-0.3, -0.25) is 9.78 Å². The molecule has 7 heteroatoms. The highest BCUT2D eigenvalue weighted by Gasteiger charge is 2.20. The molecule has 0 atom stereocenters. The van der Waals surface area contributed by atoms with E-state index in [1.165, 1.54) is 11.3 Å². The van der Waals surface area contributed by atoms with Crippen LogP contribution < -0.4 is 4.74 Å². The Hall–Kier alpha value is -3.45. The van der Waals surface area contributed by atoms with Crippen LogP contribution in [0, 0.1) is 0 Å². The predicted octanol–water partition coefficient (Wildman–Crippen LogP) is 4.24. The van der Waals surface area contributed by atoms with Gasteiger partial charge in [0.15, 0.2) is 0 Å². The summed E-state index contributed by atoms with van der Waals surface area (Å²) in [6, 6.07) is 15.6. The van der Waals surface area contributed by atoms with Gasteiger partial charge in [-0.2, -0.15) is 0 Å². The van der Waals surface area contributed by atoms with E-state index in [-0.39, 0.29) is 5.91 Å². The number of hydrogen-bond acceptors (Lipinski definition) is 5. The average molecular weight is 419 g/mol. The largest absolute Gasteiger partial charge is 0.497 e. The van der Waals surface area contributed by atoms with Crippen LogP contribution in [0.3, 0.4) is 0 Å². The van der Waals surface area contributed by atoms with E-state index in [4.69, 9.17) is 4.74 Å². The normalized spacial score (nSPS) is 10.7. The van der Waals surface area contributed by atoms with Gasteiger partial charge < -0.3 is 14.2 Å². The first-order chi connectivity index (χ1) is 14.7. The van der Waals surface area contributed by atoms with Crippen LogP contribution >= 0.6 is 11.3 Å². The van der Waals surface area contributed by atoms with Gasteiger partial charge in [-0.25, -0.2) is 4.98 Å². The lowest BCUT2D eigenvalue weighted by atomic mass is 10.2. The molecular weight excluding hydrogens is 396 g/mol. The number of benzene rings is 1. The van der Waals surface area contributed by atoms with Crippen molar-refractivity contribution in [3.05, 3.63) is 101 Å². The third-order valence-corrected chi connectivity index (χ3v) is 5.62. The fourth-order valence-electron chi connectivity index (χ4n) is 3.20. The minimum atomic E-state index is -0.00662. The van der Waals surface area contributed by atoms with E-state index in [9.17, 15) is 4.79 Å². The fraction of sp³-hybridized carbons (Fsp3) is 0.174. The number of hydrogen-bond donors (Lipinski definition) is 0. The van der Waals surface area contributed by atoms with Crippen molar-refractivity contribution in [2.75, 3.05) is 7.11 Å². The van der Waals surface area contributed by atoms with Crippen molar-refractivity contribution in [3.8, 4) is 5.75 Å². The molecule has 0 N–H and O–H groups in total. The summed E-state index contributed by atoms with van der Waals surface area (Å²) in [6.07, 6.45) is 7.24. The summed E-state index contributed by atoms with van der Waals surface area (Å²) in [7, 11) is 1.66. The van der Waals surface area contributed by atoms with Gasteiger partial charge in [-0.05, 0) is 40.8 Å². The van der Waals surface area contributed by atoms with Crippen LogP contribution in [-0.4, -0.2) is 32.5 Å². The summed E-state index contributed by atoms with van der Waals surface area (Å²) in [4.78, 5) is 24.4. The molecule has 3 aromatic heterocycles. The predicted molar refractivity (Wildman–Crippen MR) is 116 cm³/mol. The molecule has 4 aromatic rings. The summed E-state index contributed by atoms with van der Waals surface area (Å²) in [6.45, 7) is 1.56. The quantitative estimate of drug-likeness (QED) is 0.429. The van der Waals surface area contributed by atoms with Crippen LogP contribution in [0.1, 0.15) is 26.6 Å². The van der Waals surface area contributed by atoms with Gasteiger partial charge in [-0.1, -0.05) is 24.3 Å². The number of amides is 1. The summed E-state index contributed by atoms with van der Waals surface area (Å²) in [5, 5.41) is 1.92. The summed E-state index contributed by atoms with van der Waals surface area (Å²) in [5.74, 6) is 1.65. The lowest BCUT2D eigenvalue weighted by Gasteiger charge is -2.22. The summed E-state index contributed by atoms with van der Waals surface area (Å²) in [5.41, 5.74) is 2.12. The van der Waals surface area contributed by atoms with Crippen LogP contribution in [0.25, 0.3) is 0 Å². The van der Waals surface area contributed by atoms with Crippen LogP contribution in [-0.2, 0) is 19.6 Å². The highest BCUT2D eigenvalue weighted by atomic mass is 32.1. The van der Waals surface area contributed by atoms with Crippen molar-refractivity contribution >= 4 is 17.2 Å². The van der Waals surface area contributed by atoms with Crippen LogP contribution in [0.2, 0.25) is 0 Å². The molecule has 1 aromatic carbocycles. The van der Waals surface area contributed by atoms with Gasteiger partial charge in [0.05, 0.1) is 18.5 Å². The van der Waals surface area contributed by atoms with Gasteiger partial charge >= 0.3 is 0 Å². The highest BCUT2D eigenvalue weighted by molar-refractivity contribution is 7.12. The first-order valence-electron chi connectivity index (χ1n) is 9.57. The Morgan fingerprint density at radius 3 is 2.63 bits per heavy atom. The maximum atomic E-state index is 13.1. The smallest absolute Gasteiger partial charge is 0.264 e. The van der Waals surface area contributed by atoms with Crippen molar-refractivity contribution in [2.24, 2.45) is 0 Å². The monoisotopic (exact) mass is 418 g/mol. The highest BCUT2D eigenvalue weighted by Crippen LogP contribution is 2.18. The molecule has 0 aliphatic heterocycles. The number of pyridine rings is 1. The zero-order chi connectivity index (χ0) is 20.8. The van der Waals surface area contributed by atoms with E-state index >= 15 is 0 Å².